The molecule has 0 aromatic carbocycles. The Bertz CT molecular complexity index is 618. The molecule has 1 aromatic rings. The number of halogens is 1. The van der Waals surface area contributed by atoms with Crippen molar-refractivity contribution in [3.8, 4) is 0 Å². The predicted octanol–water partition coefficient (Wildman–Crippen LogP) is 1.77. The highest BCUT2D eigenvalue weighted by atomic mass is 35.5. The Hall–Kier alpha value is -1.08. The fraction of sp³-hybridized carbons (Fsp3) is 0.667. The van der Waals surface area contributed by atoms with Crippen LogP contribution in [0, 0.1) is 6.92 Å². The highest BCUT2D eigenvalue weighted by Gasteiger charge is 2.30. The van der Waals surface area contributed by atoms with Crippen LogP contribution in [0.4, 0.5) is 0 Å². The molecule has 6 nitrogen and oxygen atoms in total. The van der Waals surface area contributed by atoms with Crippen LogP contribution in [0.25, 0.3) is 0 Å². The van der Waals surface area contributed by atoms with Gasteiger partial charge >= 0.3 is 0 Å². The van der Waals surface area contributed by atoms with Crippen LogP contribution >= 0.6 is 11.6 Å². The van der Waals surface area contributed by atoms with Crippen LogP contribution in [0.1, 0.15) is 48.3 Å². The Morgan fingerprint density at radius 2 is 1.95 bits per heavy atom. The maximum Gasteiger partial charge on any atom is 0.286 e. The molecule has 2 rings (SSSR count). The smallest absolute Gasteiger partial charge is 0.271 e. The Balaban J connectivity index is 2.16. The van der Waals surface area contributed by atoms with Crippen LogP contribution in [0.15, 0.2) is 0 Å². The van der Waals surface area contributed by atoms with Gasteiger partial charge in [0.05, 0.1) is 16.0 Å². The molecule has 0 unspecified atom stereocenters. The minimum absolute atomic E-state index is 0.0500. The first kappa shape index (κ1) is 15.3. The fourth-order valence-corrected chi connectivity index (χ4v) is 4.09. The van der Waals surface area contributed by atoms with Crippen molar-refractivity contribution in [3.63, 3.8) is 0 Å². The van der Waals surface area contributed by atoms with Crippen LogP contribution in [0.5, 0.6) is 0 Å². The van der Waals surface area contributed by atoms with Gasteiger partial charge in [-0.25, -0.2) is 13.1 Å². The lowest BCUT2D eigenvalue weighted by molar-refractivity contribution is 0.0975. The van der Waals surface area contributed by atoms with Crippen molar-refractivity contribution < 1.29 is 13.2 Å². The van der Waals surface area contributed by atoms with Gasteiger partial charge in [0.15, 0.2) is 5.69 Å². The molecule has 1 heterocycles. The number of carbonyl (C=O) groups is 1. The van der Waals surface area contributed by atoms with Gasteiger partial charge in [0.1, 0.15) is 0 Å². The third-order valence-electron chi connectivity index (χ3n) is 3.70. The van der Waals surface area contributed by atoms with Crippen LogP contribution < -0.4 is 4.72 Å². The summed E-state index contributed by atoms with van der Waals surface area (Å²) in [6, 6.07) is 0. The van der Waals surface area contributed by atoms with E-state index in [0.29, 0.717) is 18.5 Å². The molecular formula is C12H18ClN3O3S. The number of sulfonamides is 1. The zero-order valence-corrected chi connectivity index (χ0v) is 13.1. The average Bonchev–Trinajstić information content (AvgIpc) is 2.67. The van der Waals surface area contributed by atoms with Gasteiger partial charge in [-0.2, -0.15) is 5.10 Å². The predicted molar refractivity (Wildman–Crippen MR) is 76.2 cm³/mol. The standard InChI is InChI=1S/C12H18ClN3O3S/c1-8-10(13)11(14-16(8)2)12(17)15-20(18,19)9-6-4-3-5-7-9/h9H,3-7H2,1-2H3,(H,15,17). The number of carbonyl (C=O) groups excluding carboxylic acids is 1. The molecule has 1 saturated carbocycles. The fourth-order valence-electron chi connectivity index (χ4n) is 2.36. The number of aromatic nitrogens is 2. The van der Waals surface area contributed by atoms with E-state index in [0.717, 1.165) is 19.3 Å². The van der Waals surface area contributed by atoms with Crippen molar-refractivity contribution >= 4 is 27.5 Å². The summed E-state index contributed by atoms with van der Waals surface area (Å²) < 4.78 is 27.9. The van der Waals surface area contributed by atoms with Crippen LogP contribution in [0.2, 0.25) is 5.02 Å². The molecule has 0 radical (unpaired) electrons. The van der Waals surface area contributed by atoms with Crippen molar-refractivity contribution in [1.29, 1.82) is 0 Å². The zero-order valence-electron chi connectivity index (χ0n) is 11.5. The van der Waals surface area contributed by atoms with Gasteiger partial charge in [-0.3, -0.25) is 9.48 Å². The molecule has 0 atom stereocenters. The van der Waals surface area contributed by atoms with E-state index in [1.54, 1.807) is 14.0 Å². The summed E-state index contributed by atoms with van der Waals surface area (Å²) in [5, 5.41) is 3.63. The Morgan fingerprint density at radius 1 is 1.35 bits per heavy atom. The van der Waals surface area contributed by atoms with E-state index in [-0.39, 0.29) is 10.7 Å². The second-order valence-corrected chi connectivity index (χ2v) is 7.45. The van der Waals surface area contributed by atoms with E-state index in [1.165, 1.54) is 4.68 Å². The van der Waals surface area contributed by atoms with Crippen molar-refractivity contribution in [2.45, 2.75) is 44.3 Å². The summed E-state index contributed by atoms with van der Waals surface area (Å²) in [6.45, 7) is 1.71. The lowest BCUT2D eigenvalue weighted by Gasteiger charge is -2.21. The number of hydrogen-bond donors (Lipinski definition) is 1. The normalized spacial score (nSPS) is 17.1. The van der Waals surface area contributed by atoms with E-state index < -0.39 is 21.2 Å². The second-order valence-electron chi connectivity index (χ2n) is 5.11. The highest BCUT2D eigenvalue weighted by molar-refractivity contribution is 7.90. The van der Waals surface area contributed by atoms with E-state index in [1.807, 2.05) is 0 Å². The molecule has 0 aliphatic heterocycles. The largest absolute Gasteiger partial charge is 0.286 e. The Kier molecular flexibility index (Phi) is 4.39. The zero-order chi connectivity index (χ0) is 14.9. The Morgan fingerprint density at radius 3 is 2.45 bits per heavy atom. The van der Waals surface area contributed by atoms with Crippen LogP contribution in [0.3, 0.4) is 0 Å². The summed E-state index contributed by atoms with van der Waals surface area (Å²) in [5.41, 5.74) is 0.568. The molecule has 112 valence electrons. The monoisotopic (exact) mass is 319 g/mol. The number of aryl methyl sites for hydroxylation is 1. The SMILES string of the molecule is Cc1c(Cl)c(C(=O)NS(=O)(=O)C2CCCCC2)nn1C. The van der Waals surface area contributed by atoms with Crippen molar-refractivity contribution in [2.75, 3.05) is 0 Å². The summed E-state index contributed by atoms with van der Waals surface area (Å²) in [5.74, 6) is -0.760. The van der Waals surface area contributed by atoms with Crippen LogP contribution in [-0.2, 0) is 17.1 Å². The molecule has 0 bridgehead atoms. The molecule has 1 aromatic heterocycles. The molecular weight excluding hydrogens is 302 g/mol. The third kappa shape index (κ3) is 2.98. The topological polar surface area (TPSA) is 81.1 Å². The summed E-state index contributed by atoms with van der Waals surface area (Å²) >= 11 is 5.98. The van der Waals surface area contributed by atoms with Crippen molar-refractivity contribution in [2.24, 2.45) is 7.05 Å². The highest BCUT2D eigenvalue weighted by Crippen LogP contribution is 2.24. The maximum absolute atomic E-state index is 12.2. The molecule has 1 fully saturated rings. The van der Waals surface area contributed by atoms with Gasteiger partial charge < -0.3 is 0 Å². The average molecular weight is 320 g/mol. The number of nitrogens with one attached hydrogen (secondary N) is 1. The van der Waals surface area contributed by atoms with Gasteiger partial charge in [-0.1, -0.05) is 30.9 Å². The van der Waals surface area contributed by atoms with Gasteiger partial charge in [0.25, 0.3) is 5.91 Å². The first-order valence-corrected chi connectivity index (χ1v) is 8.50. The van der Waals surface area contributed by atoms with Gasteiger partial charge in [0, 0.05) is 7.05 Å². The summed E-state index contributed by atoms with van der Waals surface area (Å²) in [6.07, 6.45) is 3.99. The first-order chi connectivity index (χ1) is 9.33. The number of hydrogen-bond acceptors (Lipinski definition) is 4. The molecule has 1 N–H and O–H groups in total. The molecule has 1 amide bonds. The molecule has 0 saturated heterocycles. The number of amides is 1. The summed E-state index contributed by atoms with van der Waals surface area (Å²) in [7, 11) is -2.01. The molecule has 1 aliphatic rings. The molecule has 1 aliphatic carbocycles. The minimum atomic E-state index is -3.66. The van der Waals surface area contributed by atoms with E-state index >= 15 is 0 Å². The van der Waals surface area contributed by atoms with E-state index in [2.05, 4.69) is 9.82 Å². The quantitative estimate of drug-likeness (QED) is 0.920. The number of nitrogens with zero attached hydrogens (tertiary/aromatic N) is 2. The second kappa shape index (κ2) is 5.73. The molecule has 20 heavy (non-hydrogen) atoms. The summed E-state index contributed by atoms with van der Waals surface area (Å²) in [4.78, 5) is 12.0. The molecule has 8 heteroatoms. The van der Waals surface area contributed by atoms with Gasteiger partial charge in [-0.15, -0.1) is 0 Å². The van der Waals surface area contributed by atoms with Gasteiger partial charge in [-0.05, 0) is 19.8 Å². The Labute approximate surface area is 123 Å². The minimum Gasteiger partial charge on any atom is -0.271 e. The first-order valence-electron chi connectivity index (χ1n) is 6.58. The maximum atomic E-state index is 12.2. The lowest BCUT2D eigenvalue weighted by Crippen LogP contribution is -2.39. The van der Waals surface area contributed by atoms with Crippen LogP contribution in [-0.4, -0.2) is 29.4 Å². The van der Waals surface area contributed by atoms with Gasteiger partial charge in [0.2, 0.25) is 10.0 Å². The number of rotatable bonds is 3. The third-order valence-corrected chi connectivity index (χ3v) is 5.97. The van der Waals surface area contributed by atoms with Crippen molar-refractivity contribution in [1.82, 2.24) is 14.5 Å². The lowest BCUT2D eigenvalue weighted by atomic mass is 10.0. The van der Waals surface area contributed by atoms with E-state index in [9.17, 15) is 13.2 Å². The molecule has 0 spiro atoms. The van der Waals surface area contributed by atoms with Crippen molar-refractivity contribution in [3.05, 3.63) is 16.4 Å². The van der Waals surface area contributed by atoms with E-state index in [4.69, 9.17) is 11.6 Å².